The van der Waals surface area contributed by atoms with Crippen LogP contribution in [0.2, 0.25) is 0 Å². The maximum atomic E-state index is 13.7. The second-order valence-corrected chi connectivity index (χ2v) is 17.1. The van der Waals surface area contributed by atoms with Gasteiger partial charge in [0.25, 0.3) is 0 Å². The van der Waals surface area contributed by atoms with Crippen LogP contribution in [0.3, 0.4) is 0 Å². The van der Waals surface area contributed by atoms with Gasteiger partial charge in [-0.05, 0) is 83.1 Å². The van der Waals surface area contributed by atoms with Crippen molar-refractivity contribution in [1.29, 1.82) is 0 Å². The lowest BCUT2D eigenvalue weighted by Gasteiger charge is -2.35. The summed E-state index contributed by atoms with van der Waals surface area (Å²) in [6.07, 6.45) is 6.98. The summed E-state index contributed by atoms with van der Waals surface area (Å²) in [7, 11) is 1.35. The largest absolute Gasteiger partial charge is 0.467 e. The Bertz CT molecular complexity index is 1150. The lowest BCUT2D eigenvalue weighted by atomic mass is 10.0. The van der Waals surface area contributed by atoms with Gasteiger partial charge in [0.15, 0.2) is 0 Å². The molecule has 0 saturated carbocycles. The molecule has 2 aliphatic rings. The second-order valence-electron chi connectivity index (χ2n) is 13.1. The Kier molecular flexibility index (Phi) is 13.4. The summed E-state index contributed by atoms with van der Waals surface area (Å²) in [5.41, 5.74) is 0.724. The molecule has 0 aromatic heterocycles. The molecular weight excluding hydrogens is 615 g/mol. The SMILES string of the molecule is COC(=O)[C@H](CCSC)NC(=O)[C@@H]1C[C@H](Sc2ccc(C(C)C)cc2)CN1C/C=C/[C@@H]1CSC(C)(C)N1C(=O)OC(C)(C)C. The molecule has 3 rings (SSSR count). The summed E-state index contributed by atoms with van der Waals surface area (Å²) in [6.45, 7) is 15.4. The van der Waals surface area contributed by atoms with Crippen molar-refractivity contribution in [1.82, 2.24) is 15.1 Å². The third-order valence-corrected chi connectivity index (χ3v) is 11.0. The molecule has 1 aromatic carbocycles. The lowest BCUT2D eigenvalue weighted by Crippen LogP contribution is -2.50. The number of hydrogen-bond acceptors (Lipinski definition) is 9. The Labute approximate surface area is 277 Å². The van der Waals surface area contributed by atoms with Crippen LogP contribution >= 0.6 is 35.3 Å². The quantitative estimate of drug-likeness (QED) is 0.201. The number of likely N-dealkylation sites (tertiary alicyclic amines) is 1. The normalized spacial score (nSPS) is 22.9. The summed E-state index contributed by atoms with van der Waals surface area (Å²) in [4.78, 5) is 44.1. The van der Waals surface area contributed by atoms with Crippen LogP contribution in [0.15, 0.2) is 41.3 Å². The third-order valence-electron chi connectivity index (χ3n) is 7.74. The van der Waals surface area contributed by atoms with E-state index in [2.05, 4.69) is 60.5 Å². The number of esters is 1. The van der Waals surface area contributed by atoms with Crippen molar-refractivity contribution >= 4 is 53.3 Å². The molecule has 4 atom stereocenters. The molecule has 0 radical (unpaired) electrons. The van der Waals surface area contributed by atoms with Crippen molar-refractivity contribution in [2.75, 3.05) is 38.0 Å². The van der Waals surface area contributed by atoms with Gasteiger partial charge in [-0.1, -0.05) is 38.1 Å². The van der Waals surface area contributed by atoms with Gasteiger partial charge in [0.05, 0.1) is 24.1 Å². The standard InChI is InChI=1S/C33H51N3O5S3/c1-22(2)23-12-14-25(15-13-23)44-26-19-28(29(37)34-27(16-18-42-9)30(38)40-8)35(20-26)17-10-11-24-21-43-33(6,7)36(24)31(39)41-32(3,4)5/h10-15,22,24,26-28H,16-21H2,1-9H3,(H,34,37)/b11-10+/t24-,26+,27+,28+/m1/s1. The molecule has 0 spiro atoms. The van der Waals surface area contributed by atoms with E-state index in [1.165, 1.54) is 17.6 Å². The molecule has 2 heterocycles. The molecule has 1 aromatic rings. The minimum atomic E-state index is -0.673. The van der Waals surface area contributed by atoms with Gasteiger partial charge in [-0.15, -0.1) is 23.5 Å². The number of ether oxygens (including phenoxy) is 2. The highest BCUT2D eigenvalue weighted by atomic mass is 32.2. The van der Waals surface area contributed by atoms with E-state index in [9.17, 15) is 14.4 Å². The molecule has 0 bridgehead atoms. The number of nitrogens with one attached hydrogen (secondary N) is 1. The summed E-state index contributed by atoms with van der Waals surface area (Å²) >= 11 is 5.15. The highest BCUT2D eigenvalue weighted by molar-refractivity contribution is 8.01. The Hall–Kier alpha value is -1.82. The van der Waals surface area contributed by atoms with Gasteiger partial charge < -0.3 is 14.8 Å². The first-order chi connectivity index (χ1) is 20.6. The van der Waals surface area contributed by atoms with E-state index < -0.39 is 17.6 Å². The molecule has 44 heavy (non-hydrogen) atoms. The van der Waals surface area contributed by atoms with Crippen LogP contribution in [0.4, 0.5) is 4.79 Å². The van der Waals surface area contributed by atoms with E-state index in [0.29, 0.717) is 25.3 Å². The van der Waals surface area contributed by atoms with Crippen molar-refractivity contribution in [3.05, 3.63) is 42.0 Å². The molecule has 2 fully saturated rings. The van der Waals surface area contributed by atoms with Crippen molar-refractivity contribution < 1.29 is 23.9 Å². The highest BCUT2D eigenvalue weighted by Gasteiger charge is 2.44. The van der Waals surface area contributed by atoms with Gasteiger partial charge in [0, 0.05) is 29.0 Å². The second kappa shape index (κ2) is 16.1. The van der Waals surface area contributed by atoms with E-state index in [4.69, 9.17) is 9.47 Å². The minimum Gasteiger partial charge on any atom is -0.467 e. The number of carbonyl (C=O) groups excluding carboxylic acids is 3. The fraction of sp³-hybridized carbons (Fsp3) is 0.667. The predicted octanol–water partition coefficient (Wildman–Crippen LogP) is 6.40. The number of amides is 2. The molecule has 1 N–H and O–H groups in total. The molecule has 11 heteroatoms. The number of rotatable bonds is 12. The Morgan fingerprint density at radius 1 is 1.18 bits per heavy atom. The molecule has 2 saturated heterocycles. The zero-order valence-corrected chi connectivity index (χ0v) is 30.2. The first-order valence-electron chi connectivity index (χ1n) is 15.4. The number of benzene rings is 1. The summed E-state index contributed by atoms with van der Waals surface area (Å²) in [6, 6.07) is 7.52. The summed E-state index contributed by atoms with van der Waals surface area (Å²) < 4.78 is 10.7. The fourth-order valence-electron chi connectivity index (χ4n) is 5.43. The number of carbonyl (C=O) groups is 3. The van der Waals surface area contributed by atoms with Gasteiger partial charge in [0.2, 0.25) is 5.91 Å². The van der Waals surface area contributed by atoms with Crippen molar-refractivity contribution in [2.24, 2.45) is 0 Å². The third kappa shape index (κ3) is 10.4. The first kappa shape index (κ1) is 36.6. The Balaban J connectivity index is 1.76. The van der Waals surface area contributed by atoms with Gasteiger partial charge in [-0.25, -0.2) is 9.59 Å². The Morgan fingerprint density at radius 3 is 2.45 bits per heavy atom. The molecule has 0 aliphatic carbocycles. The number of hydrogen-bond donors (Lipinski definition) is 1. The van der Waals surface area contributed by atoms with Crippen LogP contribution in [-0.4, -0.2) is 99.6 Å². The molecule has 2 aliphatic heterocycles. The average molecular weight is 666 g/mol. The van der Waals surface area contributed by atoms with E-state index in [1.54, 1.807) is 35.3 Å². The van der Waals surface area contributed by atoms with Gasteiger partial charge >= 0.3 is 12.1 Å². The molecule has 0 unspecified atom stereocenters. The maximum absolute atomic E-state index is 13.7. The number of thioether (sulfide) groups is 3. The van der Waals surface area contributed by atoms with E-state index in [-0.39, 0.29) is 34.2 Å². The van der Waals surface area contributed by atoms with Crippen LogP contribution in [0.5, 0.6) is 0 Å². The van der Waals surface area contributed by atoms with Crippen molar-refractivity contribution in [3.63, 3.8) is 0 Å². The fourth-order valence-corrected chi connectivity index (χ4v) is 8.32. The van der Waals surface area contributed by atoms with Gasteiger partial charge in [0.1, 0.15) is 11.6 Å². The van der Waals surface area contributed by atoms with E-state index in [1.807, 2.05) is 45.8 Å². The van der Waals surface area contributed by atoms with Crippen LogP contribution in [0.25, 0.3) is 0 Å². The zero-order valence-electron chi connectivity index (χ0n) is 27.8. The topological polar surface area (TPSA) is 88.2 Å². The number of nitrogens with zero attached hydrogens (tertiary/aromatic N) is 2. The lowest BCUT2D eigenvalue weighted by molar-refractivity contribution is -0.145. The molecule has 2 amide bonds. The van der Waals surface area contributed by atoms with Crippen molar-refractivity contribution in [2.45, 2.75) is 106 Å². The van der Waals surface area contributed by atoms with E-state index in [0.717, 1.165) is 18.1 Å². The monoisotopic (exact) mass is 665 g/mol. The van der Waals surface area contributed by atoms with E-state index >= 15 is 0 Å². The van der Waals surface area contributed by atoms with Crippen LogP contribution < -0.4 is 5.32 Å². The molecule has 8 nitrogen and oxygen atoms in total. The van der Waals surface area contributed by atoms with Crippen LogP contribution in [-0.2, 0) is 19.1 Å². The highest BCUT2D eigenvalue weighted by Crippen LogP contribution is 2.40. The summed E-state index contributed by atoms with van der Waals surface area (Å²) in [5.74, 6) is 1.41. The maximum Gasteiger partial charge on any atom is 0.411 e. The van der Waals surface area contributed by atoms with Crippen LogP contribution in [0.1, 0.15) is 72.8 Å². The van der Waals surface area contributed by atoms with Gasteiger partial charge in [-0.3, -0.25) is 14.6 Å². The molecular formula is C33H51N3O5S3. The Morgan fingerprint density at radius 2 is 1.86 bits per heavy atom. The average Bonchev–Trinajstić information content (AvgIpc) is 3.48. The smallest absolute Gasteiger partial charge is 0.411 e. The zero-order chi connectivity index (χ0) is 32.7. The summed E-state index contributed by atoms with van der Waals surface area (Å²) in [5, 5.41) is 3.20. The van der Waals surface area contributed by atoms with Gasteiger partial charge in [-0.2, -0.15) is 11.8 Å². The number of methoxy groups -OCH3 is 1. The first-order valence-corrected chi connectivity index (χ1v) is 18.6. The van der Waals surface area contributed by atoms with Crippen LogP contribution in [0, 0.1) is 0 Å². The predicted molar refractivity (Wildman–Crippen MR) is 185 cm³/mol. The van der Waals surface area contributed by atoms with Crippen molar-refractivity contribution in [3.8, 4) is 0 Å². The minimum absolute atomic E-state index is 0.111. The molecule has 246 valence electrons.